The molecule has 0 spiro atoms. The molecule has 5 rings (SSSR count). The molecule has 3 amide bonds. The lowest BCUT2D eigenvalue weighted by Crippen LogP contribution is -2.55. The molecule has 3 heterocycles. The quantitative estimate of drug-likeness (QED) is 0.246. The van der Waals surface area contributed by atoms with Crippen molar-refractivity contribution in [2.45, 2.75) is 78.6 Å². The zero-order valence-electron chi connectivity index (χ0n) is 27.6. The zero-order chi connectivity index (χ0) is 33.7. The maximum absolute atomic E-state index is 14.1. The highest BCUT2D eigenvalue weighted by Crippen LogP contribution is 2.33. The molecule has 0 bridgehead atoms. The maximum Gasteiger partial charge on any atom is 0.255 e. The third kappa shape index (κ3) is 7.67. The average Bonchev–Trinajstić information content (AvgIpc) is 3.75. The number of aromatic nitrogens is 1. The molecule has 47 heavy (non-hydrogen) atoms. The van der Waals surface area contributed by atoms with Crippen LogP contribution < -0.4 is 10.1 Å². The molecule has 3 aromatic rings. The molecule has 2 N–H and O–H groups in total. The van der Waals surface area contributed by atoms with Gasteiger partial charge in [0.15, 0.2) is 6.29 Å². The fourth-order valence-corrected chi connectivity index (χ4v) is 7.09. The number of carbonyl (C=O) groups excluding carboxylic acids is 3. The number of hydrogen-bond acceptors (Lipinski definition) is 9. The third-order valence-electron chi connectivity index (χ3n) is 8.54. The first-order chi connectivity index (χ1) is 22.6. The van der Waals surface area contributed by atoms with Crippen LogP contribution in [0.5, 0.6) is 5.75 Å². The summed E-state index contributed by atoms with van der Waals surface area (Å²) in [4.78, 5) is 49.5. The number of rotatable bonds is 14. The molecular formula is C35H44N4O7S. The molecule has 11 nitrogen and oxygen atoms in total. The maximum atomic E-state index is 14.1. The smallest absolute Gasteiger partial charge is 0.255 e. The van der Waals surface area contributed by atoms with E-state index in [4.69, 9.17) is 14.2 Å². The largest absolute Gasteiger partial charge is 0.488 e. The summed E-state index contributed by atoms with van der Waals surface area (Å²) >= 11 is 1.53. The Bertz CT molecular complexity index is 1570. The van der Waals surface area contributed by atoms with Gasteiger partial charge >= 0.3 is 0 Å². The standard InChI is InChI=1S/C35H44N4O7S/c1-6-44-30(45-7-2)19-46-29-14-23(32-22(5)37-20-47-32)12-13-24(29)16-36-33(41)28-15-26(40)18-38(28)35(43)31(21(3)4)39-17-25-10-8-9-11-27(25)34(39)42/h8-14,20-21,26,28,30-31,40H,6-7,15-19H2,1-5H3,(H,36,41)/t26-,28+,31?/m1/s1. The summed E-state index contributed by atoms with van der Waals surface area (Å²) in [6.45, 7) is 11.1. The second-order valence-electron chi connectivity index (χ2n) is 12.1. The number of benzene rings is 2. The van der Waals surface area contributed by atoms with E-state index in [0.717, 1.165) is 27.3 Å². The van der Waals surface area contributed by atoms with Gasteiger partial charge in [0.25, 0.3) is 5.91 Å². The molecule has 252 valence electrons. The number of likely N-dealkylation sites (tertiary alicyclic amines) is 1. The van der Waals surface area contributed by atoms with Gasteiger partial charge in [0.1, 0.15) is 24.4 Å². The number of β-amino-alcohol motifs (C(OH)–C–C–N with tert-alkyl or cyclic N) is 1. The van der Waals surface area contributed by atoms with Crippen molar-refractivity contribution >= 4 is 29.1 Å². The number of hydrogen-bond donors (Lipinski definition) is 2. The Labute approximate surface area is 279 Å². The molecule has 1 unspecified atom stereocenters. The summed E-state index contributed by atoms with van der Waals surface area (Å²) in [5, 5.41) is 13.6. The van der Waals surface area contributed by atoms with E-state index in [1.54, 1.807) is 16.5 Å². The molecule has 3 atom stereocenters. The Hall–Kier alpha value is -3.84. The lowest BCUT2D eigenvalue weighted by atomic mass is 10.0. The summed E-state index contributed by atoms with van der Waals surface area (Å²) in [5.41, 5.74) is 5.83. The molecular weight excluding hydrogens is 620 g/mol. The molecule has 1 fully saturated rings. The molecule has 12 heteroatoms. The van der Waals surface area contributed by atoms with Crippen LogP contribution in [0.1, 0.15) is 61.3 Å². The first kappa shape index (κ1) is 34.5. The van der Waals surface area contributed by atoms with Crippen LogP contribution in [0.15, 0.2) is 48.0 Å². The van der Waals surface area contributed by atoms with Gasteiger partial charge in [-0.05, 0) is 49.9 Å². The predicted octanol–water partition coefficient (Wildman–Crippen LogP) is 4.16. The summed E-state index contributed by atoms with van der Waals surface area (Å²) in [5.74, 6) is -0.577. The van der Waals surface area contributed by atoms with E-state index >= 15 is 0 Å². The molecule has 0 aliphatic carbocycles. The normalized spacial score (nSPS) is 18.3. The minimum absolute atomic E-state index is 0.0165. The number of ether oxygens (including phenoxy) is 3. The highest BCUT2D eigenvalue weighted by molar-refractivity contribution is 7.13. The Morgan fingerprint density at radius 1 is 1.13 bits per heavy atom. The zero-order valence-corrected chi connectivity index (χ0v) is 28.4. The van der Waals surface area contributed by atoms with Gasteiger partial charge in [-0.25, -0.2) is 4.98 Å². The summed E-state index contributed by atoms with van der Waals surface area (Å²) < 4.78 is 17.5. The van der Waals surface area contributed by atoms with Gasteiger partial charge in [-0.1, -0.05) is 44.2 Å². The van der Waals surface area contributed by atoms with Gasteiger partial charge in [-0.3, -0.25) is 14.4 Å². The van der Waals surface area contributed by atoms with Gasteiger partial charge in [0.2, 0.25) is 11.8 Å². The molecule has 0 saturated carbocycles. The number of nitrogens with one attached hydrogen (secondary N) is 1. The van der Waals surface area contributed by atoms with Crippen molar-refractivity contribution < 1.29 is 33.7 Å². The van der Waals surface area contributed by atoms with E-state index < -0.39 is 24.5 Å². The first-order valence-electron chi connectivity index (χ1n) is 16.2. The number of fused-ring (bicyclic) bond motifs is 1. The lowest BCUT2D eigenvalue weighted by molar-refractivity contribution is -0.152. The summed E-state index contributed by atoms with van der Waals surface area (Å²) in [6, 6.07) is 11.5. The van der Waals surface area contributed by atoms with Gasteiger partial charge in [0.05, 0.1) is 22.2 Å². The second-order valence-corrected chi connectivity index (χ2v) is 13.0. The van der Waals surface area contributed by atoms with E-state index in [1.165, 1.54) is 16.2 Å². The number of aliphatic hydroxyl groups is 1. The third-order valence-corrected chi connectivity index (χ3v) is 9.52. The van der Waals surface area contributed by atoms with Crippen molar-refractivity contribution in [3.05, 3.63) is 70.4 Å². The SMILES string of the molecule is CCOC(COc1cc(-c2scnc2C)ccc1CNC(=O)[C@@H]1C[C@@H](O)CN1C(=O)C(C(C)C)N1Cc2ccccc2C1=O)OCC. The average molecular weight is 665 g/mol. The molecule has 0 radical (unpaired) electrons. The number of aryl methyl sites for hydroxylation is 1. The van der Waals surface area contributed by atoms with E-state index in [9.17, 15) is 19.5 Å². The summed E-state index contributed by atoms with van der Waals surface area (Å²) in [7, 11) is 0. The fourth-order valence-electron chi connectivity index (χ4n) is 6.28. The van der Waals surface area contributed by atoms with Gasteiger partial charge in [-0.2, -0.15) is 0 Å². The number of carbonyl (C=O) groups is 3. The number of thiazole rings is 1. The van der Waals surface area contributed by atoms with Crippen LogP contribution in [0, 0.1) is 12.8 Å². The Kier molecular flexibility index (Phi) is 11.3. The van der Waals surface area contributed by atoms with Crippen LogP contribution >= 0.6 is 11.3 Å². The lowest BCUT2D eigenvalue weighted by Gasteiger charge is -2.35. The predicted molar refractivity (Wildman–Crippen MR) is 178 cm³/mol. The van der Waals surface area contributed by atoms with Crippen LogP contribution in [0.25, 0.3) is 10.4 Å². The van der Waals surface area contributed by atoms with E-state index in [1.807, 2.05) is 71.0 Å². The first-order valence-corrected chi connectivity index (χ1v) is 17.0. The highest BCUT2D eigenvalue weighted by atomic mass is 32.1. The van der Waals surface area contributed by atoms with Gasteiger partial charge in [0, 0.05) is 50.4 Å². The molecule has 2 aliphatic heterocycles. The highest BCUT2D eigenvalue weighted by Gasteiger charge is 2.45. The van der Waals surface area contributed by atoms with E-state index in [2.05, 4.69) is 10.3 Å². The van der Waals surface area contributed by atoms with Crippen molar-refractivity contribution in [1.29, 1.82) is 0 Å². The Morgan fingerprint density at radius 3 is 2.53 bits per heavy atom. The molecule has 1 saturated heterocycles. The second kappa shape index (κ2) is 15.4. The van der Waals surface area contributed by atoms with Crippen molar-refractivity contribution in [2.24, 2.45) is 5.92 Å². The summed E-state index contributed by atoms with van der Waals surface area (Å²) in [6.07, 6.45) is -1.30. The monoisotopic (exact) mass is 664 g/mol. The van der Waals surface area contributed by atoms with Crippen LogP contribution in [-0.2, 0) is 32.2 Å². The number of nitrogens with zero attached hydrogens (tertiary/aromatic N) is 3. The molecule has 1 aromatic heterocycles. The van der Waals surface area contributed by atoms with Crippen molar-refractivity contribution in [3.8, 4) is 16.2 Å². The van der Waals surface area contributed by atoms with Crippen LogP contribution in [0.3, 0.4) is 0 Å². The minimum atomic E-state index is -0.886. The van der Waals surface area contributed by atoms with Crippen molar-refractivity contribution in [3.63, 3.8) is 0 Å². The molecule has 2 aromatic carbocycles. The Balaban J connectivity index is 1.32. The number of aliphatic hydroxyl groups excluding tert-OH is 1. The van der Waals surface area contributed by atoms with Gasteiger partial charge < -0.3 is 34.4 Å². The van der Waals surface area contributed by atoms with Gasteiger partial charge in [-0.15, -0.1) is 11.3 Å². The van der Waals surface area contributed by atoms with Crippen molar-refractivity contribution in [2.75, 3.05) is 26.4 Å². The van der Waals surface area contributed by atoms with Crippen LogP contribution in [0.2, 0.25) is 0 Å². The molecule has 2 aliphatic rings. The Morgan fingerprint density at radius 2 is 1.87 bits per heavy atom. The van der Waals surface area contributed by atoms with Crippen LogP contribution in [-0.4, -0.2) is 88.5 Å². The fraction of sp³-hybridized carbons (Fsp3) is 0.486. The number of amides is 3. The topological polar surface area (TPSA) is 131 Å². The van der Waals surface area contributed by atoms with Crippen LogP contribution in [0.4, 0.5) is 0 Å². The van der Waals surface area contributed by atoms with E-state index in [0.29, 0.717) is 31.1 Å². The van der Waals surface area contributed by atoms with E-state index in [-0.39, 0.29) is 49.8 Å². The minimum Gasteiger partial charge on any atom is -0.488 e. The van der Waals surface area contributed by atoms with Crippen molar-refractivity contribution in [1.82, 2.24) is 20.1 Å².